The number of halogens is 1. The van der Waals surface area contributed by atoms with Crippen LogP contribution < -0.4 is 0 Å². The van der Waals surface area contributed by atoms with Gasteiger partial charge in [-0.15, -0.1) is 0 Å². The zero-order valence-electron chi connectivity index (χ0n) is 13.1. The number of rotatable bonds is 5. The van der Waals surface area contributed by atoms with E-state index in [-0.39, 0.29) is 6.10 Å². The fourth-order valence-corrected chi connectivity index (χ4v) is 3.11. The Morgan fingerprint density at radius 2 is 1.87 bits per heavy atom. The summed E-state index contributed by atoms with van der Waals surface area (Å²) in [6, 6.07) is 17.8. The molecular weight excluding hydrogens is 310 g/mol. The average Bonchev–Trinajstić information content (AvgIpc) is 2.57. The summed E-state index contributed by atoms with van der Waals surface area (Å²) in [5.41, 5.74) is 2.19. The van der Waals surface area contributed by atoms with E-state index in [0.29, 0.717) is 18.2 Å². The van der Waals surface area contributed by atoms with E-state index in [1.807, 2.05) is 30.3 Å². The van der Waals surface area contributed by atoms with Crippen molar-refractivity contribution in [1.82, 2.24) is 4.90 Å². The Hall–Kier alpha value is -1.39. The number of nitrogens with zero attached hydrogens (tertiary/aromatic N) is 1. The molecule has 1 aliphatic rings. The van der Waals surface area contributed by atoms with E-state index in [9.17, 15) is 5.11 Å². The van der Waals surface area contributed by atoms with Crippen molar-refractivity contribution in [3.63, 3.8) is 0 Å². The zero-order chi connectivity index (χ0) is 16.1. The van der Waals surface area contributed by atoms with E-state index in [1.165, 1.54) is 5.56 Å². The summed E-state index contributed by atoms with van der Waals surface area (Å²) in [6.07, 6.45) is 0.597. The van der Waals surface area contributed by atoms with Crippen LogP contribution in [0.15, 0.2) is 54.6 Å². The number of aliphatic hydroxyl groups excluding tert-OH is 1. The van der Waals surface area contributed by atoms with Crippen LogP contribution in [0.4, 0.5) is 0 Å². The first kappa shape index (κ1) is 16.5. The minimum absolute atomic E-state index is 0.184. The Morgan fingerprint density at radius 3 is 2.61 bits per heavy atom. The van der Waals surface area contributed by atoms with Gasteiger partial charge in [-0.05, 0) is 29.7 Å². The van der Waals surface area contributed by atoms with E-state index in [4.69, 9.17) is 16.3 Å². The molecule has 1 heterocycles. The number of morpholine rings is 1. The van der Waals surface area contributed by atoms with Gasteiger partial charge in [0.05, 0.1) is 18.8 Å². The molecule has 23 heavy (non-hydrogen) atoms. The molecule has 122 valence electrons. The smallest absolute Gasteiger partial charge is 0.0916 e. The van der Waals surface area contributed by atoms with Crippen molar-refractivity contribution < 1.29 is 9.84 Å². The van der Waals surface area contributed by atoms with Gasteiger partial charge >= 0.3 is 0 Å². The SMILES string of the molecule is O[C@H](CN1CCO[C@H](Cc2ccccc2)C1)c1ccc(Cl)cc1. The Kier molecular flexibility index (Phi) is 5.68. The summed E-state index contributed by atoms with van der Waals surface area (Å²) in [5.74, 6) is 0. The van der Waals surface area contributed by atoms with E-state index >= 15 is 0 Å². The Labute approximate surface area is 142 Å². The summed E-state index contributed by atoms with van der Waals surface area (Å²) in [5, 5.41) is 11.1. The van der Waals surface area contributed by atoms with E-state index < -0.39 is 6.10 Å². The predicted octanol–water partition coefficient (Wildman–Crippen LogP) is 3.32. The fraction of sp³-hybridized carbons (Fsp3) is 0.368. The molecule has 0 saturated carbocycles. The van der Waals surface area contributed by atoms with E-state index in [1.54, 1.807) is 0 Å². The van der Waals surface area contributed by atoms with Crippen LogP contribution >= 0.6 is 11.6 Å². The molecule has 1 saturated heterocycles. The maximum atomic E-state index is 10.4. The molecule has 0 bridgehead atoms. The highest BCUT2D eigenvalue weighted by Gasteiger charge is 2.23. The number of benzene rings is 2. The lowest BCUT2D eigenvalue weighted by Gasteiger charge is -2.34. The first-order valence-corrected chi connectivity index (χ1v) is 8.40. The monoisotopic (exact) mass is 331 g/mol. The molecule has 2 aromatic carbocycles. The van der Waals surface area contributed by atoms with Crippen molar-refractivity contribution in [3.05, 3.63) is 70.7 Å². The molecule has 0 unspecified atom stereocenters. The van der Waals surface area contributed by atoms with Gasteiger partial charge in [0.15, 0.2) is 0 Å². The molecule has 0 amide bonds. The van der Waals surface area contributed by atoms with Crippen molar-refractivity contribution in [2.75, 3.05) is 26.2 Å². The molecule has 3 nitrogen and oxygen atoms in total. The van der Waals surface area contributed by atoms with Gasteiger partial charge in [0.1, 0.15) is 0 Å². The maximum absolute atomic E-state index is 10.4. The molecule has 0 radical (unpaired) electrons. The molecule has 1 fully saturated rings. The Balaban J connectivity index is 1.55. The van der Waals surface area contributed by atoms with Crippen molar-refractivity contribution in [1.29, 1.82) is 0 Å². The molecule has 4 heteroatoms. The van der Waals surface area contributed by atoms with Crippen molar-refractivity contribution in [3.8, 4) is 0 Å². The average molecular weight is 332 g/mol. The van der Waals surface area contributed by atoms with Gasteiger partial charge in [0.2, 0.25) is 0 Å². The quantitative estimate of drug-likeness (QED) is 0.912. The molecule has 0 aliphatic carbocycles. The van der Waals surface area contributed by atoms with Crippen LogP contribution in [0.2, 0.25) is 5.02 Å². The summed E-state index contributed by atoms with van der Waals surface area (Å²) in [7, 11) is 0. The van der Waals surface area contributed by atoms with Crippen molar-refractivity contribution in [2.45, 2.75) is 18.6 Å². The number of aliphatic hydroxyl groups is 1. The topological polar surface area (TPSA) is 32.7 Å². The Bertz CT molecular complexity index is 603. The third-order valence-corrected chi connectivity index (χ3v) is 4.47. The van der Waals surface area contributed by atoms with Crippen LogP contribution in [-0.2, 0) is 11.2 Å². The van der Waals surface area contributed by atoms with Gasteiger partial charge in [-0.3, -0.25) is 4.90 Å². The minimum Gasteiger partial charge on any atom is -0.387 e. The van der Waals surface area contributed by atoms with E-state index in [2.05, 4.69) is 29.2 Å². The maximum Gasteiger partial charge on any atom is 0.0916 e. The van der Waals surface area contributed by atoms with Crippen LogP contribution in [0.25, 0.3) is 0 Å². The molecule has 0 aromatic heterocycles. The predicted molar refractivity (Wildman–Crippen MR) is 92.7 cm³/mol. The summed E-state index contributed by atoms with van der Waals surface area (Å²) in [4.78, 5) is 2.27. The lowest BCUT2D eigenvalue weighted by molar-refractivity contribution is -0.0400. The second-order valence-electron chi connectivity index (χ2n) is 6.01. The van der Waals surface area contributed by atoms with Gasteiger partial charge in [0, 0.05) is 24.7 Å². The third-order valence-electron chi connectivity index (χ3n) is 4.22. The van der Waals surface area contributed by atoms with Gasteiger partial charge in [-0.25, -0.2) is 0 Å². The first-order valence-electron chi connectivity index (χ1n) is 8.02. The van der Waals surface area contributed by atoms with Crippen LogP contribution in [0.1, 0.15) is 17.2 Å². The first-order chi connectivity index (χ1) is 11.2. The minimum atomic E-state index is -0.497. The van der Waals surface area contributed by atoms with Crippen LogP contribution in [0.5, 0.6) is 0 Å². The second-order valence-corrected chi connectivity index (χ2v) is 6.45. The molecule has 1 N–H and O–H groups in total. The molecule has 0 spiro atoms. The highest BCUT2D eigenvalue weighted by atomic mass is 35.5. The fourth-order valence-electron chi connectivity index (χ4n) is 2.98. The summed E-state index contributed by atoms with van der Waals surface area (Å²) < 4.78 is 5.87. The second kappa shape index (κ2) is 7.93. The van der Waals surface area contributed by atoms with Crippen LogP contribution in [-0.4, -0.2) is 42.4 Å². The van der Waals surface area contributed by atoms with E-state index in [0.717, 1.165) is 25.1 Å². The van der Waals surface area contributed by atoms with Crippen molar-refractivity contribution in [2.24, 2.45) is 0 Å². The largest absolute Gasteiger partial charge is 0.387 e. The van der Waals surface area contributed by atoms with Gasteiger partial charge < -0.3 is 9.84 Å². The highest BCUT2D eigenvalue weighted by Crippen LogP contribution is 2.19. The van der Waals surface area contributed by atoms with Crippen LogP contribution in [0.3, 0.4) is 0 Å². The lowest BCUT2D eigenvalue weighted by Crippen LogP contribution is -2.44. The van der Waals surface area contributed by atoms with Gasteiger partial charge in [-0.1, -0.05) is 54.1 Å². The lowest BCUT2D eigenvalue weighted by atomic mass is 10.1. The normalized spacial score (nSPS) is 20.3. The number of ether oxygens (including phenoxy) is 1. The zero-order valence-corrected chi connectivity index (χ0v) is 13.8. The number of β-amino-alcohol motifs (C(OH)–C–C–N with tert-alkyl or cyclic N) is 1. The standard InChI is InChI=1S/C19H22ClNO2/c20-17-8-6-16(7-9-17)19(22)14-21-10-11-23-18(13-21)12-15-4-2-1-3-5-15/h1-9,18-19,22H,10-14H2/t18-,19-/m1/s1. The number of hydrogen-bond donors (Lipinski definition) is 1. The highest BCUT2D eigenvalue weighted by molar-refractivity contribution is 6.30. The molecular formula is C19H22ClNO2. The Morgan fingerprint density at radius 1 is 1.13 bits per heavy atom. The molecule has 3 rings (SSSR count). The summed E-state index contributed by atoms with van der Waals surface area (Å²) >= 11 is 5.90. The summed E-state index contributed by atoms with van der Waals surface area (Å²) in [6.45, 7) is 3.04. The van der Waals surface area contributed by atoms with Crippen molar-refractivity contribution >= 4 is 11.6 Å². The van der Waals surface area contributed by atoms with Gasteiger partial charge in [0.25, 0.3) is 0 Å². The molecule has 2 aromatic rings. The third kappa shape index (κ3) is 4.79. The molecule has 2 atom stereocenters. The number of hydrogen-bond acceptors (Lipinski definition) is 3. The van der Waals surface area contributed by atoms with Crippen LogP contribution in [0, 0.1) is 0 Å². The molecule has 1 aliphatic heterocycles. The van der Waals surface area contributed by atoms with Gasteiger partial charge in [-0.2, -0.15) is 0 Å².